The van der Waals surface area contributed by atoms with Crippen LogP contribution in [0.25, 0.3) is 0 Å². The van der Waals surface area contributed by atoms with Crippen LogP contribution in [0.4, 0.5) is 0 Å². The van der Waals surface area contributed by atoms with Crippen LogP contribution in [0.15, 0.2) is 60.7 Å². The Labute approximate surface area is 151 Å². The molecule has 2 aromatic carbocycles. The summed E-state index contributed by atoms with van der Waals surface area (Å²) in [6.07, 6.45) is 2.56. The minimum Gasteiger partial charge on any atom is -0.0623 e. The van der Waals surface area contributed by atoms with Crippen molar-refractivity contribution in [2.24, 2.45) is 11.8 Å². The van der Waals surface area contributed by atoms with Crippen LogP contribution in [0.3, 0.4) is 0 Å². The van der Waals surface area contributed by atoms with Gasteiger partial charge in [-0.15, -0.1) is 0 Å². The Hall–Kier alpha value is -0.220. The van der Waals surface area contributed by atoms with E-state index in [2.05, 4.69) is 104 Å². The minimum absolute atomic E-state index is 0.222. The van der Waals surface area contributed by atoms with Crippen molar-refractivity contribution in [1.29, 1.82) is 0 Å². The fourth-order valence-corrected chi connectivity index (χ4v) is 18.5. The Morgan fingerprint density at radius 2 is 1.35 bits per heavy atom. The van der Waals surface area contributed by atoms with E-state index in [0.29, 0.717) is 11.8 Å². The highest BCUT2D eigenvalue weighted by molar-refractivity contribution is 9.49. The van der Waals surface area contributed by atoms with Gasteiger partial charge in [0.2, 0.25) is 0 Å². The number of halogens is 1. The molecule has 0 radical (unpaired) electrons. The lowest BCUT2D eigenvalue weighted by Gasteiger charge is -2.31. The smallest absolute Gasteiger partial charge is 0.0623 e. The van der Waals surface area contributed by atoms with Gasteiger partial charge in [0.15, 0.2) is 0 Å². The van der Waals surface area contributed by atoms with E-state index in [1.165, 1.54) is 17.6 Å². The molecule has 0 saturated carbocycles. The third kappa shape index (κ3) is 5.12. The lowest BCUT2D eigenvalue weighted by atomic mass is 10.3. The van der Waals surface area contributed by atoms with E-state index in [4.69, 9.17) is 0 Å². The van der Waals surface area contributed by atoms with E-state index < -0.39 is 5.65 Å². The van der Waals surface area contributed by atoms with Gasteiger partial charge >= 0.3 is 0 Å². The fourth-order valence-electron chi connectivity index (χ4n) is 2.85. The molecule has 2 rings (SSSR count). The molecule has 2 unspecified atom stereocenters. The highest BCUT2D eigenvalue weighted by atomic mass is 79.9. The summed E-state index contributed by atoms with van der Waals surface area (Å²) in [6.45, 7) is 9.42. The van der Waals surface area contributed by atoms with Crippen LogP contribution in [0.5, 0.6) is 0 Å². The molecular weight excluding hydrogens is 382 g/mol. The second-order valence-corrected chi connectivity index (χ2v) is 19.6. The molecule has 0 spiro atoms. The molecule has 0 bridgehead atoms. The molecule has 0 aliphatic heterocycles. The first-order valence-electron chi connectivity index (χ1n) is 8.40. The maximum absolute atomic E-state index is 4.37. The first-order valence-corrected chi connectivity index (χ1v) is 14.6. The molecule has 0 heterocycles. The summed E-state index contributed by atoms with van der Waals surface area (Å²) in [5.41, 5.74) is -1.39. The third-order valence-electron chi connectivity index (χ3n) is 3.73. The first kappa shape index (κ1) is 19.1. The van der Waals surface area contributed by atoms with Crippen molar-refractivity contribution in [3.63, 3.8) is 0 Å². The van der Waals surface area contributed by atoms with Gasteiger partial charge in [-0.1, -0.05) is 76.2 Å². The quantitative estimate of drug-likeness (QED) is 0.447. The largest absolute Gasteiger partial charge is 0.148 e. The summed E-state index contributed by atoms with van der Waals surface area (Å²) in [7, 11) is -0.222. The van der Waals surface area contributed by atoms with Crippen LogP contribution in [0.1, 0.15) is 27.7 Å². The van der Waals surface area contributed by atoms with Crippen molar-refractivity contribution < 1.29 is 0 Å². The van der Waals surface area contributed by atoms with Crippen molar-refractivity contribution >= 4 is 39.4 Å². The van der Waals surface area contributed by atoms with E-state index in [-0.39, 0.29) is 7.61 Å². The zero-order valence-corrected chi connectivity index (χ0v) is 18.0. The molecule has 124 valence electrons. The van der Waals surface area contributed by atoms with Gasteiger partial charge < -0.3 is 0 Å². The predicted molar refractivity (Wildman–Crippen MR) is 114 cm³/mol. The fraction of sp³-hybridized carbons (Fsp3) is 0.400. The maximum Gasteiger partial charge on any atom is 0.148 e. The van der Waals surface area contributed by atoms with E-state index >= 15 is 0 Å². The second-order valence-electron chi connectivity index (χ2n) is 6.90. The Balaban J connectivity index is 2.52. The molecule has 0 nitrogen and oxygen atoms in total. The van der Waals surface area contributed by atoms with Crippen LogP contribution in [0.2, 0.25) is 0 Å². The monoisotopic (exact) mass is 409 g/mol. The molecule has 0 saturated heterocycles. The number of benzene rings is 2. The van der Waals surface area contributed by atoms with Crippen LogP contribution >= 0.6 is 28.8 Å². The highest BCUT2D eigenvalue weighted by Gasteiger charge is 2.48. The van der Waals surface area contributed by atoms with Crippen molar-refractivity contribution in [3.8, 4) is 0 Å². The van der Waals surface area contributed by atoms with E-state index in [1.807, 2.05) is 0 Å². The second kappa shape index (κ2) is 8.75. The summed E-state index contributed by atoms with van der Waals surface area (Å²) < 4.78 is 0. The summed E-state index contributed by atoms with van der Waals surface area (Å²) >= 11 is 4.37. The average molecular weight is 410 g/mol. The van der Waals surface area contributed by atoms with Crippen molar-refractivity contribution in [3.05, 3.63) is 60.7 Å². The molecule has 2 aromatic rings. The Kier molecular flexibility index (Phi) is 7.27. The van der Waals surface area contributed by atoms with Crippen LogP contribution in [-0.2, 0) is 0 Å². The molecule has 0 aromatic heterocycles. The molecule has 0 amide bonds. The van der Waals surface area contributed by atoms with E-state index in [9.17, 15) is 0 Å². The summed E-state index contributed by atoms with van der Waals surface area (Å²) in [5, 5.41) is 3.08. The molecule has 0 fully saturated rings. The van der Waals surface area contributed by atoms with E-state index in [0.717, 1.165) is 0 Å². The van der Waals surface area contributed by atoms with Gasteiger partial charge in [-0.3, -0.25) is 0 Å². The van der Waals surface area contributed by atoms with Crippen molar-refractivity contribution in [2.75, 3.05) is 12.3 Å². The van der Waals surface area contributed by atoms with Crippen LogP contribution < -0.4 is 10.6 Å². The van der Waals surface area contributed by atoms with Gasteiger partial charge in [0.25, 0.3) is 0 Å². The summed E-state index contributed by atoms with van der Waals surface area (Å²) in [5.74, 6) is 1.41. The lowest BCUT2D eigenvalue weighted by Crippen LogP contribution is -2.18. The molecule has 0 aliphatic rings. The predicted octanol–water partition coefficient (Wildman–Crippen LogP) is 6.67. The van der Waals surface area contributed by atoms with Crippen molar-refractivity contribution in [1.82, 2.24) is 0 Å². The normalized spacial score (nSPS) is 15.6. The minimum atomic E-state index is -1.39. The van der Waals surface area contributed by atoms with Gasteiger partial charge in [0.1, 0.15) is 34.1 Å². The Morgan fingerprint density at radius 3 is 1.83 bits per heavy atom. The van der Waals surface area contributed by atoms with Gasteiger partial charge in [-0.2, -0.15) is 0 Å². The molecule has 23 heavy (non-hydrogen) atoms. The maximum atomic E-state index is 4.37. The molecule has 0 aliphatic carbocycles. The van der Waals surface area contributed by atoms with Gasteiger partial charge in [-0.25, -0.2) is 0 Å². The number of hydrogen-bond donors (Lipinski definition) is 0. The lowest BCUT2D eigenvalue weighted by molar-refractivity contribution is 0.743. The molecule has 0 N–H and O–H groups in total. The number of hydrogen-bond acceptors (Lipinski definition) is 0. The Bertz CT molecular complexity index is 583. The first-order chi connectivity index (χ1) is 10.9. The van der Waals surface area contributed by atoms with E-state index in [1.54, 1.807) is 5.30 Å². The average Bonchev–Trinajstić information content (AvgIpc) is 2.53. The zero-order chi connectivity index (χ0) is 16.9. The van der Waals surface area contributed by atoms with Crippen molar-refractivity contribution in [2.45, 2.75) is 27.7 Å². The van der Waals surface area contributed by atoms with Gasteiger partial charge in [0, 0.05) is 11.5 Å². The number of rotatable bonds is 7. The van der Waals surface area contributed by atoms with Crippen LogP contribution in [-0.4, -0.2) is 12.3 Å². The molecule has 3 heteroatoms. The standard InChI is InChI=1S/C20H28BrP2/c1-17(2)15-22(19-11-7-5-8-12-19)23(21,16-18(3)4)20-13-9-6-10-14-20/h5-14,17-18H,15-16H2,1-4H3/q+1. The zero-order valence-electron chi connectivity index (χ0n) is 14.6. The summed E-state index contributed by atoms with van der Waals surface area (Å²) in [4.78, 5) is 0. The topological polar surface area (TPSA) is 0 Å². The third-order valence-corrected chi connectivity index (χ3v) is 19.0. The van der Waals surface area contributed by atoms with Gasteiger partial charge in [-0.05, 0) is 24.0 Å². The molecular formula is C20H28BrP2+. The highest BCUT2D eigenvalue weighted by Crippen LogP contribution is 2.88. The molecule has 2 atom stereocenters. The SMILES string of the molecule is CC(C)CP(c1ccccc1)[P+](Br)(CC(C)C)c1ccccc1. The Morgan fingerprint density at radius 1 is 0.826 bits per heavy atom. The van der Waals surface area contributed by atoms with Gasteiger partial charge in [0.05, 0.1) is 6.16 Å². The summed E-state index contributed by atoms with van der Waals surface area (Å²) in [6, 6.07) is 22.4. The van der Waals surface area contributed by atoms with Crippen LogP contribution in [0, 0.1) is 11.8 Å².